The number of thiazole rings is 1. The average molecular weight is 348 g/mol. The summed E-state index contributed by atoms with van der Waals surface area (Å²) < 4.78 is 15.9. The normalized spacial score (nSPS) is 16.8. The number of hydrogen-bond donors (Lipinski definition) is 1. The van der Waals surface area contributed by atoms with Crippen LogP contribution in [0.1, 0.15) is 16.9 Å². The smallest absolute Gasteiger partial charge is 0.270 e. The first-order valence-electron chi connectivity index (χ1n) is 7.75. The first-order valence-corrected chi connectivity index (χ1v) is 8.63. The molecular weight excluding hydrogens is 328 g/mol. The van der Waals surface area contributed by atoms with E-state index in [1.807, 2.05) is 18.2 Å². The van der Waals surface area contributed by atoms with Crippen LogP contribution in [0.15, 0.2) is 23.6 Å². The average Bonchev–Trinajstić information content (AvgIpc) is 3.30. The number of benzene rings is 1. The van der Waals surface area contributed by atoms with Crippen molar-refractivity contribution >= 4 is 17.2 Å². The van der Waals surface area contributed by atoms with E-state index >= 15 is 0 Å². The fourth-order valence-electron chi connectivity index (χ4n) is 2.55. The Kier molecular flexibility index (Phi) is 5.32. The fourth-order valence-corrected chi connectivity index (χ4v) is 3.35. The van der Waals surface area contributed by atoms with Gasteiger partial charge in [-0.2, -0.15) is 0 Å². The Balaban J connectivity index is 1.69. The summed E-state index contributed by atoms with van der Waals surface area (Å²) in [5, 5.41) is 5.47. The highest BCUT2D eigenvalue weighted by molar-refractivity contribution is 7.13. The molecule has 6 nitrogen and oxygen atoms in total. The lowest BCUT2D eigenvalue weighted by atomic mass is 10.1. The summed E-state index contributed by atoms with van der Waals surface area (Å²) in [7, 11) is 3.19. The molecule has 1 aliphatic heterocycles. The maximum absolute atomic E-state index is 12.2. The van der Waals surface area contributed by atoms with E-state index < -0.39 is 0 Å². The van der Waals surface area contributed by atoms with Crippen molar-refractivity contribution in [2.24, 2.45) is 5.92 Å². The molecule has 1 amide bonds. The third-order valence-electron chi connectivity index (χ3n) is 3.94. The molecule has 2 aromatic rings. The molecule has 0 radical (unpaired) electrons. The fraction of sp³-hybridized carbons (Fsp3) is 0.412. The molecule has 0 aliphatic carbocycles. The molecule has 128 valence electrons. The van der Waals surface area contributed by atoms with Gasteiger partial charge in [0.2, 0.25) is 0 Å². The van der Waals surface area contributed by atoms with E-state index in [-0.39, 0.29) is 5.91 Å². The summed E-state index contributed by atoms with van der Waals surface area (Å²) in [5.74, 6) is 1.55. The first kappa shape index (κ1) is 16.7. The Hall–Kier alpha value is -2.12. The third kappa shape index (κ3) is 3.68. The molecule has 1 atom stereocenters. The summed E-state index contributed by atoms with van der Waals surface area (Å²) in [4.78, 5) is 16.7. The summed E-state index contributed by atoms with van der Waals surface area (Å²) in [6, 6.07) is 5.59. The number of nitrogens with one attached hydrogen (secondary N) is 1. The van der Waals surface area contributed by atoms with E-state index in [1.54, 1.807) is 19.6 Å². The van der Waals surface area contributed by atoms with Gasteiger partial charge in [0, 0.05) is 30.0 Å². The van der Waals surface area contributed by atoms with Gasteiger partial charge in [0.05, 0.1) is 20.8 Å². The van der Waals surface area contributed by atoms with Gasteiger partial charge in [-0.3, -0.25) is 4.79 Å². The summed E-state index contributed by atoms with van der Waals surface area (Å²) in [5.41, 5.74) is 1.32. The molecule has 0 spiro atoms. The molecule has 0 unspecified atom stereocenters. The van der Waals surface area contributed by atoms with Crippen LogP contribution in [0, 0.1) is 5.92 Å². The number of methoxy groups -OCH3 is 2. The number of carbonyl (C=O) groups is 1. The second kappa shape index (κ2) is 7.63. The summed E-state index contributed by atoms with van der Waals surface area (Å²) in [6.45, 7) is 2.12. The molecule has 3 rings (SSSR count). The number of nitrogens with zero attached hydrogens (tertiary/aromatic N) is 1. The van der Waals surface area contributed by atoms with Crippen molar-refractivity contribution in [3.63, 3.8) is 0 Å². The second-order valence-electron chi connectivity index (χ2n) is 5.55. The lowest BCUT2D eigenvalue weighted by Crippen LogP contribution is -2.29. The van der Waals surface area contributed by atoms with Gasteiger partial charge >= 0.3 is 0 Å². The van der Waals surface area contributed by atoms with Crippen LogP contribution < -0.4 is 14.8 Å². The van der Waals surface area contributed by atoms with Gasteiger partial charge in [0.1, 0.15) is 10.7 Å². The molecule has 1 N–H and O–H groups in total. The van der Waals surface area contributed by atoms with Gasteiger partial charge in [-0.15, -0.1) is 11.3 Å². The van der Waals surface area contributed by atoms with Crippen molar-refractivity contribution in [2.75, 3.05) is 34.0 Å². The molecule has 24 heavy (non-hydrogen) atoms. The molecule has 1 aromatic heterocycles. The van der Waals surface area contributed by atoms with E-state index in [4.69, 9.17) is 14.2 Å². The standard InChI is InChI=1S/C17H20N2O4S/c1-21-14-4-3-12(7-15(14)22-2)17-19-13(10-24-17)16(20)18-8-11-5-6-23-9-11/h3-4,7,10-11H,5-6,8-9H2,1-2H3,(H,18,20)/t11-/m1/s1. The predicted molar refractivity (Wildman–Crippen MR) is 91.9 cm³/mol. The van der Waals surface area contributed by atoms with Crippen LogP contribution >= 0.6 is 11.3 Å². The number of carbonyl (C=O) groups excluding carboxylic acids is 1. The van der Waals surface area contributed by atoms with Gasteiger partial charge in [-0.25, -0.2) is 4.98 Å². The Morgan fingerprint density at radius 1 is 1.38 bits per heavy atom. The SMILES string of the molecule is COc1ccc(-c2nc(C(=O)NC[C@H]3CCOC3)cs2)cc1OC. The Morgan fingerprint density at radius 2 is 2.21 bits per heavy atom. The van der Waals surface area contributed by atoms with Crippen molar-refractivity contribution in [2.45, 2.75) is 6.42 Å². The van der Waals surface area contributed by atoms with E-state index in [1.165, 1.54) is 11.3 Å². The first-order chi connectivity index (χ1) is 11.7. The number of hydrogen-bond acceptors (Lipinski definition) is 6. The zero-order chi connectivity index (χ0) is 16.9. The molecular formula is C17H20N2O4S. The van der Waals surface area contributed by atoms with Crippen LogP contribution in [-0.2, 0) is 4.74 Å². The lowest BCUT2D eigenvalue weighted by molar-refractivity contribution is 0.0941. The van der Waals surface area contributed by atoms with Crippen LogP contribution in [0.4, 0.5) is 0 Å². The quantitative estimate of drug-likeness (QED) is 0.869. The van der Waals surface area contributed by atoms with Gasteiger partial charge in [0.15, 0.2) is 11.5 Å². The number of ether oxygens (including phenoxy) is 3. The van der Waals surface area contributed by atoms with Crippen LogP contribution in [0.2, 0.25) is 0 Å². The maximum Gasteiger partial charge on any atom is 0.270 e. The van der Waals surface area contributed by atoms with E-state index in [9.17, 15) is 4.79 Å². The van der Waals surface area contributed by atoms with E-state index in [2.05, 4.69) is 10.3 Å². The molecule has 1 aliphatic rings. The largest absolute Gasteiger partial charge is 0.493 e. The molecule has 1 fully saturated rings. The van der Waals surface area contributed by atoms with Crippen molar-refractivity contribution in [3.8, 4) is 22.1 Å². The highest BCUT2D eigenvalue weighted by Gasteiger charge is 2.18. The van der Waals surface area contributed by atoms with Gasteiger partial charge in [-0.1, -0.05) is 0 Å². The van der Waals surface area contributed by atoms with Gasteiger partial charge in [0.25, 0.3) is 5.91 Å². The molecule has 1 saturated heterocycles. The van der Waals surface area contributed by atoms with E-state index in [0.717, 1.165) is 23.6 Å². The minimum atomic E-state index is -0.148. The molecule has 2 heterocycles. The van der Waals surface area contributed by atoms with Crippen molar-refractivity contribution in [1.82, 2.24) is 10.3 Å². The van der Waals surface area contributed by atoms with E-state index in [0.29, 0.717) is 36.3 Å². The number of rotatable bonds is 6. The van der Waals surface area contributed by atoms with Gasteiger partial charge < -0.3 is 19.5 Å². The minimum absolute atomic E-state index is 0.148. The van der Waals surface area contributed by atoms with Crippen LogP contribution in [0.3, 0.4) is 0 Å². The van der Waals surface area contributed by atoms with Gasteiger partial charge in [-0.05, 0) is 24.6 Å². The second-order valence-corrected chi connectivity index (χ2v) is 6.41. The molecule has 1 aromatic carbocycles. The van der Waals surface area contributed by atoms with Crippen molar-refractivity contribution in [3.05, 3.63) is 29.3 Å². The monoisotopic (exact) mass is 348 g/mol. The lowest BCUT2D eigenvalue weighted by Gasteiger charge is -2.08. The molecule has 0 bridgehead atoms. The maximum atomic E-state index is 12.2. The zero-order valence-electron chi connectivity index (χ0n) is 13.7. The summed E-state index contributed by atoms with van der Waals surface area (Å²) in [6.07, 6.45) is 0.994. The molecule has 0 saturated carbocycles. The number of aromatic nitrogens is 1. The topological polar surface area (TPSA) is 69.7 Å². The molecule has 7 heteroatoms. The number of amides is 1. The zero-order valence-corrected chi connectivity index (χ0v) is 14.5. The Morgan fingerprint density at radius 3 is 2.92 bits per heavy atom. The summed E-state index contributed by atoms with van der Waals surface area (Å²) >= 11 is 1.43. The van der Waals surface area contributed by atoms with Crippen LogP contribution in [0.5, 0.6) is 11.5 Å². The Bertz CT molecular complexity index is 710. The third-order valence-corrected chi connectivity index (χ3v) is 4.83. The highest BCUT2D eigenvalue weighted by Crippen LogP contribution is 2.33. The predicted octanol–water partition coefficient (Wildman–Crippen LogP) is 2.59. The minimum Gasteiger partial charge on any atom is -0.493 e. The van der Waals surface area contributed by atoms with Crippen molar-refractivity contribution in [1.29, 1.82) is 0 Å². The highest BCUT2D eigenvalue weighted by atomic mass is 32.1. The van der Waals surface area contributed by atoms with Crippen LogP contribution in [0.25, 0.3) is 10.6 Å². The van der Waals surface area contributed by atoms with Crippen LogP contribution in [-0.4, -0.2) is 44.9 Å². The Labute approximate surface area is 144 Å². The van der Waals surface area contributed by atoms with Crippen molar-refractivity contribution < 1.29 is 19.0 Å².